The van der Waals surface area contributed by atoms with Crippen LogP contribution in [0.4, 0.5) is 0 Å². The molecule has 1 aromatic carbocycles. The van der Waals surface area contributed by atoms with E-state index in [1.54, 1.807) is 6.20 Å². The highest BCUT2D eigenvalue weighted by Crippen LogP contribution is 2.32. The van der Waals surface area contributed by atoms with Gasteiger partial charge in [-0.05, 0) is 50.1 Å². The van der Waals surface area contributed by atoms with Crippen molar-refractivity contribution in [3.05, 3.63) is 65.8 Å². The van der Waals surface area contributed by atoms with Crippen molar-refractivity contribution < 1.29 is 4.52 Å². The van der Waals surface area contributed by atoms with Gasteiger partial charge in [0.05, 0.1) is 11.7 Å². The molecular weight excluding hydrogens is 300 g/mol. The minimum Gasteiger partial charge on any atom is -0.361 e. The summed E-state index contributed by atoms with van der Waals surface area (Å²) >= 11 is 0. The van der Waals surface area contributed by atoms with Gasteiger partial charge in [-0.15, -0.1) is 0 Å². The molecule has 0 bridgehead atoms. The van der Waals surface area contributed by atoms with Crippen molar-refractivity contribution in [2.24, 2.45) is 0 Å². The molecule has 124 valence electrons. The van der Waals surface area contributed by atoms with Gasteiger partial charge in [-0.2, -0.15) is 5.10 Å². The van der Waals surface area contributed by atoms with Crippen molar-refractivity contribution in [3.8, 4) is 5.69 Å². The van der Waals surface area contributed by atoms with E-state index in [4.69, 9.17) is 4.52 Å². The Hall–Kier alpha value is -2.40. The van der Waals surface area contributed by atoms with Gasteiger partial charge in [-0.25, -0.2) is 4.68 Å². The first-order valence-electron chi connectivity index (χ1n) is 8.56. The van der Waals surface area contributed by atoms with E-state index in [0.717, 1.165) is 36.7 Å². The number of hydrogen-bond acceptors (Lipinski definition) is 4. The van der Waals surface area contributed by atoms with Crippen LogP contribution in [-0.4, -0.2) is 26.4 Å². The maximum atomic E-state index is 5.30. The number of rotatable bonds is 4. The first-order chi connectivity index (χ1) is 11.8. The second kappa shape index (κ2) is 6.61. The van der Waals surface area contributed by atoms with Crippen molar-refractivity contribution >= 4 is 0 Å². The number of likely N-dealkylation sites (tertiary alicyclic amines) is 1. The average Bonchev–Trinajstić information content (AvgIpc) is 3.27. The Bertz CT molecular complexity index is 793. The first-order valence-corrected chi connectivity index (χ1v) is 8.56. The molecule has 1 aliphatic rings. The molecule has 1 aliphatic heterocycles. The van der Waals surface area contributed by atoms with Crippen LogP contribution in [0.25, 0.3) is 5.69 Å². The minimum atomic E-state index is 0.351. The van der Waals surface area contributed by atoms with Crippen molar-refractivity contribution in [1.29, 1.82) is 0 Å². The molecule has 0 aliphatic carbocycles. The lowest BCUT2D eigenvalue weighted by Crippen LogP contribution is -2.33. The van der Waals surface area contributed by atoms with Crippen molar-refractivity contribution in [2.45, 2.75) is 38.8 Å². The van der Waals surface area contributed by atoms with Gasteiger partial charge >= 0.3 is 0 Å². The van der Waals surface area contributed by atoms with Crippen LogP contribution >= 0.6 is 0 Å². The topological polar surface area (TPSA) is 47.1 Å². The molecule has 0 unspecified atom stereocenters. The Labute approximate surface area is 141 Å². The maximum absolute atomic E-state index is 5.30. The fraction of sp³-hybridized carbons (Fsp3) is 0.368. The van der Waals surface area contributed by atoms with Crippen LogP contribution < -0.4 is 0 Å². The zero-order chi connectivity index (χ0) is 16.4. The lowest BCUT2D eigenvalue weighted by atomic mass is 9.98. The molecule has 0 N–H and O–H groups in total. The van der Waals surface area contributed by atoms with E-state index in [0.29, 0.717) is 6.04 Å². The summed E-state index contributed by atoms with van der Waals surface area (Å²) in [4.78, 5) is 2.52. The van der Waals surface area contributed by atoms with Gasteiger partial charge in [0, 0.05) is 25.0 Å². The fourth-order valence-electron chi connectivity index (χ4n) is 3.51. The molecule has 2 aromatic heterocycles. The number of hydrogen-bond donors (Lipinski definition) is 0. The molecule has 0 spiro atoms. The summed E-state index contributed by atoms with van der Waals surface area (Å²) in [7, 11) is 0. The van der Waals surface area contributed by atoms with E-state index < -0.39 is 0 Å². The molecule has 3 heterocycles. The summed E-state index contributed by atoms with van der Waals surface area (Å²) in [6.45, 7) is 3.98. The minimum absolute atomic E-state index is 0.351. The van der Waals surface area contributed by atoms with E-state index in [1.165, 1.54) is 18.4 Å². The lowest BCUT2D eigenvalue weighted by Gasteiger charge is -2.34. The van der Waals surface area contributed by atoms with Crippen LogP contribution in [0.2, 0.25) is 0 Å². The molecule has 4 rings (SSSR count). The predicted molar refractivity (Wildman–Crippen MR) is 91.8 cm³/mol. The molecule has 24 heavy (non-hydrogen) atoms. The molecule has 0 radical (unpaired) electrons. The quantitative estimate of drug-likeness (QED) is 0.731. The molecule has 3 aromatic rings. The van der Waals surface area contributed by atoms with Gasteiger partial charge in [0.2, 0.25) is 0 Å². The maximum Gasteiger partial charge on any atom is 0.133 e. The number of benzene rings is 1. The Morgan fingerprint density at radius 1 is 1.21 bits per heavy atom. The molecule has 1 fully saturated rings. The largest absolute Gasteiger partial charge is 0.361 e. The molecular formula is C19H22N4O. The van der Waals surface area contributed by atoms with Gasteiger partial charge in [-0.1, -0.05) is 23.7 Å². The summed E-state index contributed by atoms with van der Waals surface area (Å²) < 4.78 is 7.20. The lowest BCUT2D eigenvalue weighted by molar-refractivity contribution is 0.134. The third kappa shape index (κ3) is 3.12. The number of aryl methyl sites for hydroxylation is 1. The van der Waals surface area contributed by atoms with Crippen molar-refractivity contribution in [1.82, 2.24) is 19.8 Å². The highest BCUT2D eigenvalue weighted by molar-refractivity contribution is 5.35. The Morgan fingerprint density at radius 2 is 2.17 bits per heavy atom. The third-order valence-corrected chi connectivity index (χ3v) is 4.67. The molecule has 5 nitrogen and oxygen atoms in total. The summed E-state index contributed by atoms with van der Waals surface area (Å²) in [6, 6.07) is 13.0. The Balaban J connectivity index is 1.56. The van der Waals surface area contributed by atoms with Gasteiger partial charge in [0.15, 0.2) is 0 Å². The fourth-order valence-corrected chi connectivity index (χ4v) is 3.51. The van der Waals surface area contributed by atoms with Gasteiger partial charge in [0.1, 0.15) is 11.5 Å². The zero-order valence-corrected chi connectivity index (χ0v) is 13.9. The van der Waals surface area contributed by atoms with E-state index in [-0.39, 0.29) is 0 Å². The smallest absolute Gasteiger partial charge is 0.133 e. The summed E-state index contributed by atoms with van der Waals surface area (Å²) in [6.07, 6.45) is 7.42. The van der Waals surface area contributed by atoms with Gasteiger partial charge in [-0.3, -0.25) is 4.90 Å². The van der Waals surface area contributed by atoms with E-state index in [9.17, 15) is 0 Å². The van der Waals surface area contributed by atoms with Crippen LogP contribution in [0, 0.1) is 6.92 Å². The van der Waals surface area contributed by atoms with Crippen LogP contribution in [-0.2, 0) is 6.54 Å². The summed E-state index contributed by atoms with van der Waals surface area (Å²) in [5, 5.41) is 8.58. The molecule has 1 saturated heterocycles. The van der Waals surface area contributed by atoms with E-state index >= 15 is 0 Å². The van der Waals surface area contributed by atoms with Crippen LogP contribution in [0.15, 0.2) is 53.3 Å². The standard InChI is InChI=1S/C19H22N4O/c1-15-12-18(21-24-15)19-8-2-3-10-22(19)14-16-6-4-7-17(13-16)23-11-5-9-20-23/h4-7,9,11-13,19H,2-3,8,10,14H2,1H3/t19-/m0/s1. The van der Waals surface area contributed by atoms with E-state index in [2.05, 4.69) is 45.5 Å². The van der Waals surface area contributed by atoms with Crippen molar-refractivity contribution in [3.63, 3.8) is 0 Å². The summed E-state index contributed by atoms with van der Waals surface area (Å²) in [5.74, 6) is 0.885. The van der Waals surface area contributed by atoms with Crippen molar-refractivity contribution in [2.75, 3.05) is 6.54 Å². The highest BCUT2D eigenvalue weighted by atomic mass is 16.5. The average molecular weight is 322 g/mol. The number of aromatic nitrogens is 3. The SMILES string of the molecule is Cc1cc([C@@H]2CCCCN2Cc2cccc(-n3cccn3)c2)no1. The normalized spacial score (nSPS) is 18.8. The van der Waals surface area contributed by atoms with Gasteiger partial charge < -0.3 is 4.52 Å². The predicted octanol–water partition coefficient (Wildman–Crippen LogP) is 3.90. The zero-order valence-electron chi connectivity index (χ0n) is 13.9. The molecule has 5 heteroatoms. The van der Waals surface area contributed by atoms with E-state index in [1.807, 2.05) is 23.9 Å². The van der Waals surface area contributed by atoms with Crippen LogP contribution in [0.1, 0.15) is 42.3 Å². The Kier molecular flexibility index (Phi) is 4.17. The van der Waals surface area contributed by atoms with Crippen LogP contribution in [0.5, 0.6) is 0 Å². The van der Waals surface area contributed by atoms with Gasteiger partial charge in [0.25, 0.3) is 0 Å². The second-order valence-electron chi connectivity index (χ2n) is 6.47. The number of piperidine rings is 1. The van der Waals surface area contributed by atoms with Crippen LogP contribution in [0.3, 0.4) is 0 Å². The first kappa shape index (κ1) is 15.1. The molecule has 1 atom stereocenters. The monoisotopic (exact) mass is 322 g/mol. The molecule has 0 saturated carbocycles. The third-order valence-electron chi connectivity index (χ3n) is 4.67. The summed E-state index contributed by atoms with van der Waals surface area (Å²) in [5.41, 5.74) is 3.47. The highest BCUT2D eigenvalue weighted by Gasteiger charge is 2.26. The number of nitrogens with zero attached hydrogens (tertiary/aromatic N) is 4. The second-order valence-corrected chi connectivity index (χ2v) is 6.47. The Morgan fingerprint density at radius 3 is 2.96 bits per heavy atom. The molecule has 0 amide bonds.